The van der Waals surface area contributed by atoms with E-state index in [1.165, 1.54) is 5.56 Å². The molecular weight excluding hydrogens is 302 g/mol. The summed E-state index contributed by atoms with van der Waals surface area (Å²) in [4.78, 5) is 13.3. The predicted octanol–water partition coefficient (Wildman–Crippen LogP) is 3.66. The Hall–Kier alpha value is -2.33. The molecule has 4 nitrogen and oxygen atoms in total. The van der Waals surface area contributed by atoms with Crippen LogP contribution in [0.2, 0.25) is 0 Å². The van der Waals surface area contributed by atoms with E-state index in [-0.39, 0.29) is 5.92 Å². The van der Waals surface area contributed by atoms with Gasteiger partial charge in [0.05, 0.1) is 13.0 Å². The zero-order chi connectivity index (χ0) is 16.9. The first-order valence-electron chi connectivity index (χ1n) is 8.35. The molecule has 0 radical (unpaired) electrons. The smallest absolute Gasteiger partial charge is 0.306 e. The molecule has 0 aromatic heterocycles. The third-order valence-electron chi connectivity index (χ3n) is 4.71. The topological polar surface area (TPSA) is 49.8 Å². The summed E-state index contributed by atoms with van der Waals surface area (Å²) in [6, 6.07) is 16.5. The van der Waals surface area contributed by atoms with Gasteiger partial charge in [0.15, 0.2) is 0 Å². The van der Waals surface area contributed by atoms with Crippen LogP contribution in [0.4, 0.5) is 0 Å². The fourth-order valence-corrected chi connectivity index (χ4v) is 3.27. The minimum Gasteiger partial charge on any atom is -0.496 e. The van der Waals surface area contributed by atoms with Crippen molar-refractivity contribution in [3.8, 4) is 16.9 Å². The van der Waals surface area contributed by atoms with Crippen molar-refractivity contribution in [3.05, 3.63) is 54.1 Å². The summed E-state index contributed by atoms with van der Waals surface area (Å²) in [5, 5.41) is 9.07. The van der Waals surface area contributed by atoms with Crippen molar-refractivity contribution in [3.63, 3.8) is 0 Å². The van der Waals surface area contributed by atoms with Crippen molar-refractivity contribution in [2.75, 3.05) is 20.2 Å². The summed E-state index contributed by atoms with van der Waals surface area (Å²) in [6.07, 6.45) is 1.49. The van der Waals surface area contributed by atoms with Gasteiger partial charge in [-0.1, -0.05) is 42.5 Å². The number of aliphatic carboxylic acids is 1. The summed E-state index contributed by atoms with van der Waals surface area (Å²) in [7, 11) is 1.69. The van der Waals surface area contributed by atoms with Crippen LogP contribution in [0.3, 0.4) is 0 Å². The molecule has 2 aromatic rings. The van der Waals surface area contributed by atoms with Crippen molar-refractivity contribution >= 4 is 5.97 Å². The first kappa shape index (κ1) is 16.5. The number of likely N-dealkylation sites (tertiary alicyclic amines) is 1. The van der Waals surface area contributed by atoms with Crippen molar-refractivity contribution < 1.29 is 14.6 Å². The number of carboxylic acids is 1. The molecule has 1 heterocycles. The molecule has 0 aliphatic carbocycles. The van der Waals surface area contributed by atoms with Crippen LogP contribution in [0.15, 0.2) is 48.5 Å². The van der Waals surface area contributed by atoms with E-state index in [1.54, 1.807) is 7.11 Å². The molecule has 0 amide bonds. The molecule has 1 fully saturated rings. The van der Waals surface area contributed by atoms with Crippen LogP contribution < -0.4 is 4.74 Å². The summed E-state index contributed by atoms with van der Waals surface area (Å²) in [6.45, 7) is 2.58. The van der Waals surface area contributed by atoms with Crippen LogP contribution >= 0.6 is 0 Å². The van der Waals surface area contributed by atoms with E-state index in [0.717, 1.165) is 49.4 Å². The molecule has 0 atom stereocenters. The number of hydrogen-bond acceptors (Lipinski definition) is 3. The van der Waals surface area contributed by atoms with E-state index >= 15 is 0 Å². The van der Waals surface area contributed by atoms with Gasteiger partial charge in [-0.3, -0.25) is 9.69 Å². The molecule has 3 rings (SSSR count). The Morgan fingerprint density at radius 1 is 1.12 bits per heavy atom. The molecular formula is C20H23NO3. The summed E-state index contributed by atoms with van der Waals surface area (Å²) in [5.74, 6) is 0.0472. The third-order valence-corrected chi connectivity index (χ3v) is 4.71. The second-order valence-electron chi connectivity index (χ2n) is 6.29. The standard InChI is InChI=1S/C20H23NO3/c1-24-19-5-3-2-4-18(19)16-8-6-15(7-9-16)14-21-12-10-17(11-13-21)20(22)23/h2-9,17H,10-14H2,1H3,(H,22,23). The molecule has 1 N–H and O–H groups in total. The number of ether oxygens (including phenoxy) is 1. The molecule has 24 heavy (non-hydrogen) atoms. The monoisotopic (exact) mass is 325 g/mol. The zero-order valence-electron chi connectivity index (χ0n) is 13.9. The van der Waals surface area contributed by atoms with Crippen LogP contribution in [0.1, 0.15) is 18.4 Å². The van der Waals surface area contributed by atoms with E-state index < -0.39 is 5.97 Å². The molecule has 126 valence electrons. The Bertz CT molecular complexity index is 688. The first-order chi connectivity index (χ1) is 11.7. The minimum absolute atomic E-state index is 0.172. The Kier molecular flexibility index (Phi) is 5.16. The van der Waals surface area contributed by atoms with Gasteiger partial charge in [-0.15, -0.1) is 0 Å². The summed E-state index contributed by atoms with van der Waals surface area (Å²) >= 11 is 0. The lowest BCUT2D eigenvalue weighted by Gasteiger charge is -2.30. The number of carboxylic acid groups (broad SMARTS) is 1. The average molecular weight is 325 g/mol. The third kappa shape index (κ3) is 3.77. The molecule has 1 aliphatic rings. The van der Waals surface area contributed by atoms with E-state index in [2.05, 4.69) is 35.2 Å². The Morgan fingerprint density at radius 2 is 1.79 bits per heavy atom. The molecule has 0 bridgehead atoms. The minimum atomic E-state index is -0.657. The van der Waals surface area contributed by atoms with Crippen LogP contribution in [-0.2, 0) is 11.3 Å². The molecule has 0 saturated carbocycles. The predicted molar refractivity (Wildman–Crippen MR) is 94.1 cm³/mol. The van der Waals surface area contributed by atoms with E-state index in [4.69, 9.17) is 9.84 Å². The van der Waals surface area contributed by atoms with Gasteiger partial charge in [0.25, 0.3) is 0 Å². The Balaban J connectivity index is 1.64. The summed E-state index contributed by atoms with van der Waals surface area (Å²) < 4.78 is 5.42. The van der Waals surface area contributed by atoms with Crippen molar-refractivity contribution in [2.24, 2.45) is 5.92 Å². The molecule has 1 saturated heterocycles. The van der Waals surface area contributed by atoms with Gasteiger partial charge < -0.3 is 9.84 Å². The largest absolute Gasteiger partial charge is 0.496 e. The lowest BCUT2D eigenvalue weighted by atomic mass is 9.96. The molecule has 0 unspecified atom stereocenters. The summed E-state index contributed by atoms with van der Waals surface area (Å²) in [5.41, 5.74) is 3.48. The van der Waals surface area contributed by atoms with Crippen LogP contribution in [0.25, 0.3) is 11.1 Å². The van der Waals surface area contributed by atoms with Gasteiger partial charge in [0.1, 0.15) is 5.75 Å². The second-order valence-corrected chi connectivity index (χ2v) is 6.29. The lowest BCUT2D eigenvalue weighted by Crippen LogP contribution is -2.35. The van der Waals surface area contributed by atoms with Crippen molar-refractivity contribution in [1.82, 2.24) is 4.90 Å². The normalized spacial score (nSPS) is 16.0. The van der Waals surface area contributed by atoms with Gasteiger partial charge in [0, 0.05) is 12.1 Å². The zero-order valence-corrected chi connectivity index (χ0v) is 13.9. The number of piperidine rings is 1. The SMILES string of the molecule is COc1ccccc1-c1ccc(CN2CCC(C(=O)O)CC2)cc1. The van der Waals surface area contributed by atoms with Crippen molar-refractivity contribution in [2.45, 2.75) is 19.4 Å². The van der Waals surface area contributed by atoms with Crippen LogP contribution in [0, 0.1) is 5.92 Å². The van der Waals surface area contributed by atoms with Gasteiger partial charge in [0.2, 0.25) is 0 Å². The fourth-order valence-electron chi connectivity index (χ4n) is 3.27. The van der Waals surface area contributed by atoms with Gasteiger partial charge in [-0.05, 0) is 43.1 Å². The van der Waals surface area contributed by atoms with E-state index in [0.29, 0.717) is 0 Å². The van der Waals surface area contributed by atoms with Crippen LogP contribution in [-0.4, -0.2) is 36.2 Å². The number of methoxy groups -OCH3 is 1. The highest BCUT2D eigenvalue weighted by Crippen LogP contribution is 2.30. The molecule has 2 aromatic carbocycles. The van der Waals surface area contributed by atoms with Crippen molar-refractivity contribution in [1.29, 1.82) is 0 Å². The molecule has 1 aliphatic heterocycles. The number of nitrogens with zero attached hydrogens (tertiary/aromatic N) is 1. The number of rotatable bonds is 5. The number of para-hydroxylation sites is 1. The van der Waals surface area contributed by atoms with E-state index in [9.17, 15) is 4.79 Å². The number of hydrogen-bond donors (Lipinski definition) is 1. The Labute approximate surface area is 142 Å². The average Bonchev–Trinajstić information content (AvgIpc) is 2.63. The highest BCUT2D eigenvalue weighted by molar-refractivity contribution is 5.70. The molecule has 0 spiro atoms. The quantitative estimate of drug-likeness (QED) is 0.911. The van der Waals surface area contributed by atoms with Gasteiger partial charge in [-0.25, -0.2) is 0 Å². The fraction of sp³-hybridized carbons (Fsp3) is 0.350. The first-order valence-corrected chi connectivity index (χ1v) is 8.35. The Morgan fingerprint density at radius 3 is 2.42 bits per heavy atom. The lowest BCUT2D eigenvalue weighted by molar-refractivity contribution is -0.143. The van der Waals surface area contributed by atoms with Crippen LogP contribution in [0.5, 0.6) is 5.75 Å². The maximum atomic E-state index is 11.0. The van der Waals surface area contributed by atoms with E-state index in [1.807, 2.05) is 18.2 Å². The van der Waals surface area contributed by atoms with Gasteiger partial charge >= 0.3 is 5.97 Å². The second kappa shape index (κ2) is 7.49. The molecule has 4 heteroatoms. The highest BCUT2D eigenvalue weighted by atomic mass is 16.5. The maximum Gasteiger partial charge on any atom is 0.306 e. The van der Waals surface area contributed by atoms with Gasteiger partial charge in [-0.2, -0.15) is 0 Å². The number of benzene rings is 2. The maximum absolute atomic E-state index is 11.0. The highest BCUT2D eigenvalue weighted by Gasteiger charge is 2.24. The number of carbonyl (C=O) groups is 1.